The summed E-state index contributed by atoms with van der Waals surface area (Å²) in [5.74, 6) is 0.907. The molecule has 1 aromatic heterocycles. The van der Waals surface area contributed by atoms with Crippen molar-refractivity contribution >= 4 is 16.7 Å². The molecule has 0 saturated heterocycles. The highest BCUT2D eigenvalue weighted by Gasteiger charge is 2.07. The maximum absolute atomic E-state index is 11.1. The number of methoxy groups -OCH3 is 1. The van der Waals surface area contributed by atoms with Crippen molar-refractivity contribution in [3.8, 4) is 17.1 Å². The van der Waals surface area contributed by atoms with E-state index in [0.717, 1.165) is 16.3 Å². The molecule has 0 atom stereocenters. The lowest BCUT2D eigenvalue weighted by Gasteiger charge is -2.07. The van der Waals surface area contributed by atoms with Gasteiger partial charge in [0.1, 0.15) is 5.75 Å². The van der Waals surface area contributed by atoms with Gasteiger partial charge in [0.2, 0.25) is 0 Å². The van der Waals surface area contributed by atoms with Crippen LogP contribution in [0.4, 0.5) is 0 Å². The summed E-state index contributed by atoms with van der Waals surface area (Å²) in [6.45, 7) is -0.106. The van der Waals surface area contributed by atoms with Crippen molar-refractivity contribution in [2.45, 2.75) is 0 Å². The number of aromatic nitrogens is 4. The zero-order chi connectivity index (χ0) is 15.5. The third kappa shape index (κ3) is 2.73. The van der Waals surface area contributed by atoms with Gasteiger partial charge in [0.05, 0.1) is 7.11 Å². The molecule has 22 heavy (non-hydrogen) atoms. The van der Waals surface area contributed by atoms with Gasteiger partial charge in [-0.25, -0.2) is 9.48 Å². The Morgan fingerprint density at radius 2 is 1.95 bits per heavy atom. The van der Waals surface area contributed by atoms with Crippen LogP contribution in [0, 0.1) is 0 Å². The van der Waals surface area contributed by atoms with Gasteiger partial charge in [-0.1, -0.05) is 18.2 Å². The summed E-state index contributed by atoms with van der Waals surface area (Å²) in [5, 5.41) is 13.5. The molecule has 7 heteroatoms. The minimum atomic E-state index is -0.412. The summed E-state index contributed by atoms with van der Waals surface area (Å²) in [6.07, 6.45) is 0. The molecule has 0 spiro atoms. The Kier molecular flexibility index (Phi) is 3.69. The van der Waals surface area contributed by atoms with E-state index in [4.69, 9.17) is 4.74 Å². The van der Waals surface area contributed by atoms with E-state index in [1.807, 2.05) is 36.4 Å². The van der Waals surface area contributed by atoms with Crippen LogP contribution in [0.2, 0.25) is 0 Å². The lowest BCUT2D eigenvalue weighted by molar-refractivity contribution is -0.142. The van der Waals surface area contributed by atoms with Gasteiger partial charge in [0.25, 0.3) is 0 Å². The summed E-state index contributed by atoms with van der Waals surface area (Å²) in [4.78, 5) is 11.1. The second-order valence-electron chi connectivity index (χ2n) is 4.71. The lowest BCUT2D eigenvalue weighted by Crippen LogP contribution is -2.12. The van der Waals surface area contributed by atoms with E-state index in [0.29, 0.717) is 11.6 Å². The van der Waals surface area contributed by atoms with Crippen LogP contribution in [0.25, 0.3) is 22.2 Å². The molecule has 3 rings (SSSR count). The fourth-order valence-corrected chi connectivity index (χ4v) is 2.13. The van der Waals surface area contributed by atoms with Crippen LogP contribution in [0.1, 0.15) is 0 Å². The number of fused-ring (bicyclic) bond motifs is 1. The Bertz CT molecular complexity index is 829. The van der Waals surface area contributed by atoms with Gasteiger partial charge in [-0.2, -0.15) is 0 Å². The summed E-state index contributed by atoms with van der Waals surface area (Å²) in [5.41, 5.74) is 0.934. The number of tetrazole rings is 1. The topological polar surface area (TPSA) is 79.1 Å². The van der Waals surface area contributed by atoms with Gasteiger partial charge in [0.15, 0.2) is 12.4 Å². The number of carbonyl (C=O) groups is 1. The molecule has 1 heterocycles. The fraction of sp³-hybridized carbons (Fsp3) is 0.200. The third-order valence-corrected chi connectivity index (χ3v) is 3.27. The average Bonchev–Trinajstić information content (AvgIpc) is 2.98. The van der Waals surface area contributed by atoms with Gasteiger partial charge in [0, 0.05) is 12.6 Å². The SMILES string of the molecule is COC(=O)COc1ccc2cc(-c3nnnn3C)ccc2c1. The Labute approximate surface area is 126 Å². The highest BCUT2D eigenvalue weighted by Crippen LogP contribution is 2.25. The molecular weight excluding hydrogens is 284 g/mol. The van der Waals surface area contributed by atoms with Crippen LogP contribution in [0.15, 0.2) is 36.4 Å². The van der Waals surface area contributed by atoms with Crippen molar-refractivity contribution < 1.29 is 14.3 Å². The summed E-state index contributed by atoms with van der Waals surface area (Å²) >= 11 is 0. The lowest BCUT2D eigenvalue weighted by atomic mass is 10.1. The van der Waals surface area contributed by atoms with Gasteiger partial charge in [-0.3, -0.25) is 0 Å². The Morgan fingerprint density at radius 3 is 2.68 bits per heavy atom. The minimum absolute atomic E-state index is 0.106. The van der Waals surface area contributed by atoms with E-state index in [9.17, 15) is 4.79 Å². The van der Waals surface area contributed by atoms with Crippen molar-refractivity contribution in [1.29, 1.82) is 0 Å². The summed E-state index contributed by atoms with van der Waals surface area (Å²) in [7, 11) is 3.12. The number of aryl methyl sites for hydroxylation is 1. The third-order valence-electron chi connectivity index (χ3n) is 3.27. The smallest absolute Gasteiger partial charge is 0.343 e. The first-order chi connectivity index (χ1) is 10.7. The highest BCUT2D eigenvalue weighted by molar-refractivity contribution is 5.87. The maximum atomic E-state index is 11.1. The van der Waals surface area contributed by atoms with Crippen LogP contribution in [0.5, 0.6) is 5.75 Å². The molecule has 0 amide bonds. The molecule has 0 radical (unpaired) electrons. The number of hydrogen-bond donors (Lipinski definition) is 0. The number of benzene rings is 2. The molecule has 0 aliphatic rings. The first-order valence-electron chi connectivity index (χ1n) is 6.63. The van der Waals surface area contributed by atoms with E-state index < -0.39 is 5.97 Å². The molecule has 0 unspecified atom stereocenters. The number of nitrogens with zero attached hydrogens (tertiary/aromatic N) is 4. The van der Waals surface area contributed by atoms with Crippen molar-refractivity contribution in [2.75, 3.05) is 13.7 Å². The number of hydrogen-bond acceptors (Lipinski definition) is 6. The Hall–Kier alpha value is -2.96. The van der Waals surface area contributed by atoms with Crippen molar-refractivity contribution in [2.24, 2.45) is 7.05 Å². The summed E-state index contributed by atoms with van der Waals surface area (Å²) < 4.78 is 11.5. The van der Waals surface area contributed by atoms with E-state index in [1.165, 1.54) is 7.11 Å². The van der Waals surface area contributed by atoms with E-state index in [-0.39, 0.29) is 6.61 Å². The molecule has 0 aliphatic heterocycles. The molecule has 0 fully saturated rings. The van der Waals surface area contributed by atoms with E-state index >= 15 is 0 Å². The molecule has 0 aliphatic carbocycles. The molecule has 3 aromatic rings. The van der Waals surface area contributed by atoms with Crippen LogP contribution in [-0.2, 0) is 16.6 Å². The first kappa shape index (κ1) is 14.0. The molecule has 0 N–H and O–H groups in total. The van der Waals surface area contributed by atoms with Crippen LogP contribution >= 0.6 is 0 Å². The van der Waals surface area contributed by atoms with Crippen molar-refractivity contribution in [3.05, 3.63) is 36.4 Å². The molecule has 7 nitrogen and oxygen atoms in total. The largest absolute Gasteiger partial charge is 0.482 e. The van der Waals surface area contributed by atoms with Crippen molar-refractivity contribution in [1.82, 2.24) is 20.2 Å². The predicted molar refractivity (Wildman–Crippen MR) is 79.3 cm³/mol. The maximum Gasteiger partial charge on any atom is 0.343 e. The van der Waals surface area contributed by atoms with Crippen LogP contribution in [-0.4, -0.2) is 39.9 Å². The van der Waals surface area contributed by atoms with Gasteiger partial charge < -0.3 is 9.47 Å². The Balaban J connectivity index is 1.88. The number of ether oxygens (including phenoxy) is 2. The minimum Gasteiger partial charge on any atom is -0.482 e. The zero-order valence-corrected chi connectivity index (χ0v) is 12.2. The normalized spacial score (nSPS) is 10.6. The monoisotopic (exact) mass is 298 g/mol. The molecule has 0 bridgehead atoms. The fourth-order valence-electron chi connectivity index (χ4n) is 2.13. The second-order valence-corrected chi connectivity index (χ2v) is 4.71. The highest BCUT2D eigenvalue weighted by atomic mass is 16.6. The first-order valence-corrected chi connectivity index (χ1v) is 6.63. The van der Waals surface area contributed by atoms with Gasteiger partial charge >= 0.3 is 5.97 Å². The molecular formula is C15H14N4O3. The van der Waals surface area contributed by atoms with Crippen molar-refractivity contribution in [3.63, 3.8) is 0 Å². The van der Waals surface area contributed by atoms with Gasteiger partial charge in [-0.15, -0.1) is 5.10 Å². The van der Waals surface area contributed by atoms with Gasteiger partial charge in [-0.05, 0) is 39.4 Å². The number of rotatable bonds is 4. The van der Waals surface area contributed by atoms with Crippen LogP contribution < -0.4 is 4.74 Å². The molecule has 2 aromatic carbocycles. The zero-order valence-electron chi connectivity index (χ0n) is 12.2. The summed E-state index contributed by atoms with van der Waals surface area (Å²) in [6, 6.07) is 11.5. The molecule has 0 saturated carbocycles. The Morgan fingerprint density at radius 1 is 1.18 bits per heavy atom. The standard InChI is InChI=1S/C15H14N4O3/c1-19-15(16-17-18-19)12-4-3-11-8-13(6-5-10(11)7-12)22-9-14(20)21-2/h3-8H,9H2,1-2H3. The van der Waals surface area contributed by atoms with E-state index in [1.54, 1.807) is 11.7 Å². The predicted octanol–water partition coefficient (Wildman–Crippen LogP) is 1.58. The second kappa shape index (κ2) is 5.80. The quantitative estimate of drug-likeness (QED) is 0.680. The average molecular weight is 298 g/mol. The van der Waals surface area contributed by atoms with E-state index in [2.05, 4.69) is 20.3 Å². The number of carbonyl (C=O) groups excluding carboxylic acids is 1. The van der Waals surface area contributed by atoms with Crippen LogP contribution in [0.3, 0.4) is 0 Å². The number of esters is 1. The molecule has 112 valence electrons.